The monoisotopic (exact) mass is 283 g/mol. The van der Waals surface area contributed by atoms with Gasteiger partial charge in [0.25, 0.3) is 0 Å². The number of ether oxygens (including phenoxy) is 1. The van der Waals surface area contributed by atoms with Crippen molar-refractivity contribution in [2.45, 2.75) is 45.8 Å². The van der Waals surface area contributed by atoms with Crippen LogP contribution in [0.2, 0.25) is 0 Å². The second-order valence-electron chi connectivity index (χ2n) is 6.00. The molecule has 4 unspecified atom stereocenters. The van der Waals surface area contributed by atoms with E-state index in [0.29, 0.717) is 11.8 Å². The van der Waals surface area contributed by atoms with Crippen molar-refractivity contribution in [1.29, 1.82) is 0 Å². The minimum Gasteiger partial charge on any atom is -0.435 e. The molecule has 1 aliphatic rings. The van der Waals surface area contributed by atoms with Crippen LogP contribution in [0.1, 0.15) is 44.7 Å². The topological polar surface area (TPSA) is 35.2 Å². The molecule has 1 aromatic rings. The molecular weight excluding hydrogens is 260 g/mol. The van der Waals surface area contributed by atoms with Crippen LogP contribution >= 0.6 is 0 Å². The van der Waals surface area contributed by atoms with E-state index in [9.17, 15) is 8.78 Å². The second-order valence-corrected chi connectivity index (χ2v) is 6.00. The highest BCUT2D eigenvalue weighted by Crippen LogP contribution is 2.39. The largest absolute Gasteiger partial charge is 0.435 e. The van der Waals surface area contributed by atoms with Crippen LogP contribution < -0.4 is 10.5 Å². The Bertz CT molecular complexity index is 438. The molecule has 2 N–H and O–H groups in total. The summed E-state index contributed by atoms with van der Waals surface area (Å²) in [6.07, 6.45) is 3.39. The average Bonchev–Trinajstić information content (AvgIpc) is 2.40. The zero-order valence-electron chi connectivity index (χ0n) is 12.1. The molecular formula is C16H23F2NO. The Hall–Kier alpha value is -1.16. The van der Waals surface area contributed by atoms with Gasteiger partial charge in [-0.05, 0) is 48.3 Å². The molecule has 112 valence electrons. The van der Waals surface area contributed by atoms with Crippen molar-refractivity contribution >= 4 is 0 Å². The first-order chi connectivity index (χ1) is 9.47. The van der Waals surface area contributed by atoms with Crippen molar-refractivity contribution in [2.75, 3.05) is 0 Å². The fourth-order valence-corrected chi connectivity index (χ4v) is 3.09. The lowest BCUT2D eigenvalue weighted by atomic mass is 9.72. The maximum absolute atomic E-state index is 12.2. The quantitative estimate of drug-likeness (QED) is 0.891. The number of benzene rings is 1. The van der Waals surface area contributed by atoms with Gasteiger partial charge in [-0.15, -0.1) is 0 Å². The molecule has 4 heteroatoms. The Morgan fingerprint density at radius 1 is 1.20 bits per heavy atom. The van der Waals surface area contributed by atoms with E-state index in [1.54, 1.807) is 12.1 Å². The first-order valence-electron chi connectivity index (χ1n) is 7.27. The molecule has 0 saturated heterocycles. The number of nitrogens with two attached hydrogens (primary N) is 1. The van der Waals surface area contributed by atoms with E-state index < -0.39 is 6.61 Å². The Morgan fingerprint density at radius 3 is 2.60 bits per heavy atom. The summed E-state index contributed by atoms with van der Waals surface area (Å²) in [5.41, 5.74) is 7.22. The summed E-state index contributed by atoms with van der Waals surface area (Å²) < 4.78 is 28.9. The molecule has 1 saturated carbocycles. The predicted molar refractivity (Wildman–Crippen MR) is 75.7 cm³/mol. The van der Waals surface area contributed by atoms with Crippen LogP contribution in [0.4, 0.5) is 8.78 Å². The summed E-state index contributed by atoms with van der Waals surface area (Å²) in [7, 11) is 0. The van der Waals surface area contributed by atoms with Crippen molar-refractivity contribution in [3.05, 3.63) is 29.8 Å². The van der Waals surface area contributed by atoms with Gasteiger partial charge in [-0.1, -0.05) is 32.4 Å². The molecule has 1 fully saturated rings. The summed E-state index contributed by atoms with van der Waals surface area (Å²) in [5.74, 6) is 2.01. The molecule has 0 aliphatic heterocycles. The van der Waals surface area contributed by atoms with Gasteiger partial charge < -0.3 is 10.5 Å². The molecule has 20 heavy (non-hydrogen) atoms. The molecule has 2 rings (SSSR count). The molecule has 0 heterocycles. The number of hydrogen-bond donors (Lipinski definition) is 1. The SMILES string of the molecule is CC1CCC(C(N)c2cccc(OC(F)F)c2)CC1C. The van der Waals surface area contributed by atoms with Gasteiger partial charge in [-0.2, -0.15) is 8.78 Å². The molecule has 0 bridgehead atoms. The zero-order valence-corrected chi connectivity index (χ0v) is 12.1. The lowest BCUT2D eigenvalue weighted by Gasteiger charge is -2.35. The number of hydrogen-bond acceptors (Lipinski definition) is 2. The predicted octanol–water partition coefficient (Wildman–Crippen LogP) is 4.36. The summed E-state index contributed by atoms with van der Waals surface area (Å²) in [4.78, 5) is 0. The molecule has 0 aromatic heterocycles. The van der Waals surface area contributed by atoms with Crippen molar-refractivity contribution < 1.29 is 13.5 Å². The van der Waals surface area contributed by atoms with Crippen LogP contribution in [0, 0.1) is 17.8 Å². The van der Waals surface area contributed by atoms with Gasteiger partial charge in [0, 0.05) is 6.04 Å². The van der Waals surface area contributed by atoms with Gasteiger partial charge in [0.05, 0.1) is 0 Å². The highest BCUT2D eigenvalue weighted by atomic mass is 19.3. The Labute approximate surface area is 119 Å². The Balaban J connectivity index is 2.07. The number of rotatable bonds is 4. The van der Waals surface area contributed by atoms with E-state index >= 15 is 0 Å². The van der Waals surface area contributed by atoms with Crippen LogP contribution in [0.25, 0.3) is 0 Å². The van der Waals surface area contributed by atoms with Gasteiger partial charge >= 0.3 is 6.61 Å². The Kier molecular flexibility index (Phi) is 4.97. The standard InChI is InChI=1S/C16H23F2NO/c1-10-6-7-13(8-11(10)2)15(19)12-4-3-5-14(9-12)20-16(17)18/h3-5,9-11,13,15-16H,6-8,19H2,1-2H3. The van der Waals surface area contributed by atoms with Crippen molar-refractivity contribution in [3.8, 4) is 5.75 Å². The van der Waals surface area contributed by atoms with Crippen LogP contribution in [0.15, 0.2) is 24.3 Å². The van der Waals surface area contributed by atoms with Crippen molar-refractivity contribution in [3.63, 3.8) is 0 Å². The minimum atomic E-state index is -2.79. The molecule has 0 spiro atoms. The van der Waals surface area contributed by atoms with E-state index in [-0.39, 0.29) is 11.8 Å². The smallest absolute Gasteiger partial charge is 0.387 e. The summed E-state index contributed by atoms with van der Waals surface area (Å²) >= 11 is 0. The van der Waals surface area contributed by atoms with E-state index in [0.717, 1.165) is 24.3 Å². The van der Waals surface area contributed by atoms with Crippen molar-refractivity contribution in [2.24, 2.45) is 23.5 Å². The maximum Gasteiger partial charge on any atom is 0.387 e. The van der Waals surface area contributed by atoms with E-state index in [1.807, 2.05) is 6.07 Å². The number of alkyl halides is 2. The van der Waals surface area contributed by atoms with Gasteiger partial charge in [-0.3, -0.25) is 0 Å². The highest BCUT2D eigenvalue weighted by molar-refractivity contribution is 5.31. The molecule has 1 aromatic carbocycles. The lowest BCUT2D eigenvalue weighted by Crippen LogP contribution is -2.29. The fraction of sp³-hybridized carbons (Fsp3) is 0.625. The zero-order chi connectivity index (χ0) is 14.7. The lowest BCUT2D eigenvalue weighted by molar-refractivity contribution is -0.0499. The molecule has 0 radical (unpaired) electrons. The normalized spacial score (nSPS) is 28.4. The fourth-order valence-electron chi connectivity index (χ4n) is 3.09. The molecule has 0 amide bonds. The Morgan fingerprint density at radius 2 is 1.95 bits per heavy atom. The van der Waals surface area contributed by atoms with E-state index in [1.165, 1.54) is 12.5 Å². The third-order valence-electron chi connectivity index (χ3n) is 4.61. The summed E-state index contributed by atoms with van der Waals surface area (Å²) in [6.45, 7) is 1.75. The second kappa shape index (κ2) is 6.53. The van der Waals surface area contributed by atoms with E-state index in [4.69, 9.17) is 5.73 Å². The van der Waals surface area contributed by atoms with Crippen LogP contribution in [-0.4, -0.2) is 6.61 Å². The summed E-state index contributed by atoms with van der Waals surface area (Å²) in [6, 6.07) is 6.69. The van der Waals surface area contributed by atoms with Gasteiger partial charge in [0.2, 0.25) is 0 Å². The maximum atomic E-state index is 12.2. The van der Waals surface area contributed by atoms with Crippen LogP contribution in [0.5, 0.6) is 5.75 Å². The third kappa shape index (κ3) is 3.69. The summed E-state index contributed by atoms with van der Waals surface area (Å²) in [5, 5.41) is 0. The number of halogens is 2. The van der Waals surface area contributed by atoms with Gasteiger partial charge in [0.1, 0.15) is 5.75 Å². The average molecular weight is 283 g/mol. The van der Waals surface area contributed by atoms with Crippen LogP contribution in [-0.2, 0) is 0 Å². The minimum absolute atomic E-state index is 0.105. The first-order valence-corrected chi connectivity index (χ1v) is 7.27. The molecule has 2 nitrogen and oxygen atoms in total. The third-order valence-corrected chi connectivity index (χ3v) is 4.61. The van der Waals surface area contributed by atoms with Crippen molar-refractivity contribution in [1.82, 2.24) is 0 Å². The highest BCUT2D eigenvalue weighted by Gasteiger charge is 2.29. The molecule has 4 atom stereocenters. The molecule has 1 aliphatic carbocycles. The van der Waals surface area contributed by atoms with Gasteiger partial charge in [0.15, 0.2) is 0 Å². The first kappa shape index (κ1) is 15.2. The van der Waals surface area contributed by atoms with E-state index in [2.05, 4.69) is 18.6 Å². The van der Waals surface area contributed by atoms with Crippen LogP contribution in [0.3, 0.4) is 0 Å². The van der Waals surface area contributed by atoms with Gasteiger partial charge in [-0.25, -0.2) is 0 Å².